The molecule has 6 heteroatoms. The van der Waals surface area contributed by atoms with Crippen molar-refractivity contribution in [1.82, 2.24) is 9.62 Å². The van der Waals surface area contributed by atoms with E-state index in [0.717, 1.165) is 36.7 Å². The molecule has 1 saturated carbocycles. The average molecular weight is 329 g/mol. The van der Waals surface area contributed by atoms with Crippen molar-refractivity contribution >= 4 is 21.4 Å². The fraction of sp³-hybridized carbons (Fsp3) is 0.733. The Morgan fingerprint density at radius 1 is 1.24 bits per heavy atom. The number of aryl methyl sites for hydroxylation is 1. The summed E-state index contributed by atoms with van der Waals surface area (Å²) in [6.45, 7) is 4.44. The molecule has 4 nitrogen and oxygen atoms in total. The van der Waals surface area contributed by atoms with E-state index in [1.807, 2.05) is 6.07 Å². The Balaban J connectivity index is 1.57. The summed E-state index contributed by atoms with van der Waals surface area (Å²) >= 11 is 1.41. The van der Waals surface area contributed by atoms with E-state index in [2.05, 4.69) is 12.2 Å². The number of nitrogens with zero attached hydrogens (tertiary/aromatic N) is 1. The van der Waals surface area contributed by atoms with Gasteiger partial charge in [-0.1, -0.05) is 6.92 Å². The van der Waals surface area contributed by atoms with E-state index < -0.39 is 10.0 Å². The van der Waals surface area contributed by atoms with Crippen LogP contribution in [0.1, 0.15) is 37.5 Å². The van der Waals surface area contributed by atoms with Gasteiger partial charge in [0.1, 0.15) is 4.21 Å². The Labute approximate surface area is 131 Å². The number of thiophene rings is 1. The van der Waals surface area contributed by atoms with Gasteiger partial charge in [-0.15, -0.1) is 11.3 Å². The summed E-state index contributed by atoms with van der Waals surface area (Å²) in [5.74, 6) is 0.631. The molecule has 0 atom stereocenters. The number of hydrogen-bond donors (Lipinski definition) is 1. The molecular formula is C15H24N2O2S2. The van der Waals surface area contributed by atoms with Crippen LogP contribution in [0.4, 0.5) is 0 Å². The third-order valence-electron chi connectivity index (χ3n) is 4.43. The standard InChI is InChI=1S/C15H24N2O2S2/c1-2-14-5-6-15(20-14)21(18,19)17-9-7-12(8-10-17)11-16-13-3-4-13/h5-6,12-13,16H,2-4,7-11H2,1H3. The Hall–Kier alpha value is -0.430. The van der Waals surface area contributed by atoms with Gasteiger partial charge in [0.15, 0.2) is 0 Å². The van der Waals surface area contributed by atoms with Crippen LogP contribution in [-0.4, -0.2) is 38.4 Å². The molecule has 2 aliphatic rings. The smallest absolute Gasteiger partial charge is 0.252 e. The van der Waals surface area contributed by atoms with E-state index >= 15 is 0 Å². The first-order valence-electron chi connectivity index (χ1n) is 7.92. The van der Waals surface area contributed by atoms with Gasteiger partial charge in [0.2, 0.25) is 0 Å². The zero-order valence-corrected chi connectivity index (χ0v) is 14.2. The second-order valence-corrected chi connectivity index (χ2v) is 9.44. The van der Waals surface area contributed by atoms with E-state index in [0.29, 0.717) is 23.2 Å². The zero-order valence-electron chi connectivity index (χ0n) is 12.5. The quantitative estimate of drug-likeness (QED) is 0.873. The van der Waals surface area contributed by atoms with Crippen molar-refractivity contribution in [3.8, 4) is 0 Å². The van der Waals surface area contributed by atoms with Crippen molar-refractivity contribution in [3.63, 3.8) is 0 Å². The molecule has 1 aromatic rings. The van der Waals surface area contributed by atoms with Gasteiger partial charge < -0.3 is 5.32 Å². The summed E-state index contributed by atoms with van der Waals surface area (Å²) in [7, 11) is -3.26. The first kappa shape index (κ1) is 15.5. The molecule has 0 bridgehead atoms. The Morgan fingerprint density at radius 3 is 2.52 bits per heavy atom. The molecule has 2 fully saturated rings. The van der Waals surface area contributed by atoms with E-state index in [4.69, 9.17) is 0 Å². The molecule has 0 aromatic carbocycles. The molecule has 1 N–H and O–H groups in total. The molecule has 1 aliphatic carbocycles. The molecule has 0 amide bonds. The average Bonchev–Trinajstić information content (AvgIpc) is 3.19. The lowest BCUT2D eigenvalue weighted by Crippen LogP contribution is -2.40. The van der Waals surface area contributed by atoms with Crippen molar-refractivity contribution in [2.75, 3.05) is 19.6 Å². The topological polar surface area (TPSA) is 49.4 Å². The van der Waals surface area contributed by atoms with Crippen LogP contribution in [0.3, 0.4) is 0 Å². The van der Waals surface area contributed by atoms with E-state index in [1.165, 1.54) is 24.2 Å². The first-order chi connectivity index (χ1) is 10.1. The highest BCUT2D eigenvalue weighted by molar-refractivity contribution is 7.91. The van der Waals surface area contributed by atoms with Crippen molar-refractivity contribution < 1.29 is 8.42 Å². The largest absolute Gasteiger partial charge is 0.314 e. The number of nitrogens with one attached hydrogen (secondary N) is 1. The van der Waals surface area contributed by atoms with Crippen molar-refractivity contribution in [2.45, 2.75) is 49.3 Å². The molecule has 3 rings (SSSR count). The van der Waals surface area contributed by atoms with Gasteiger partial charge in [-0.2, -0.15) is 4.31 Å². The van der Waals surface area contributed by atoms with Gasteiger partial charge in [0, 0.05) is 24.0 Å². The molecule has 0 unspecified atom stereocenters. The number of piperidine rings is 1. The summed E-state index contributed by atoms with van der Waals surface area (Å²) in [5.41, 5.74) is 0. The van der Waals surface area contributed by atoms with Gasteiger partial charge >= 0.3 is 0 Å². The Bertz CT molecular complexity index is 570. The van der Waals surface area contributed by atoms with Gasteiger partial charge in [0.25, 0.3) is 10.0 Å². The summed E-state index contributed by atoms with van der Waals surface area (Å²) in [6, 6.07) is 4.44. The van der Waals surface area contributed by atoms with Crippen LogP contribution in [0.15, 0.2) is 16.3 Å². The molecule has 21 heavy (non-hydrogen) atoms. The second-order valence-electron chi connectivity index (χ2n) is 6.10. The third-order valence-corrected chi connectivity index (χ3v) is 8.02. The van der Waals surface area contributed by atoms with Gasteiger partial charge in [-0.25, -0.2) is 8.42 Å². The maximum atomic E-state index is 12.6. The minimum atomic E-state index is -3.26. The second kappa shape index (κ2) is 6.36. The third kappa shape index (κ3) is 3.67. The molecule has 1 saturated heterocycles. The SMILES string of the molecule is CCc1ccc(S(=O)(=O)N2CCC(CNC3CC3)CC2)s1. The van der Waals surface area contributed by atoms with Crippen LogP contribution in [0, 0.1) is 5.92 Å². The van der Waals surface area contributed by atoms with Gasteiger partial charge in [-0.3, -0.25) is 0 Å². The molecule has 118 valence electrons. The molecule has 1 aliphatic heterocycles. The number of rotatable bonds is 6. The van der Waals surface area contributed by atoms with E-state index in [1.54, 1.807) is 10.4 Å². The lowest BCUT2D eigenvalue weighted by Gasteiger charge is -2.31. The van der Waals surface area contributed by atoms with Crippen LogP contribution in [-0.2, 0) is 16.4 Å². The van der Waals surface area contributed by atoms with E-state index in [-0.39, 0.29) is 0 Å². The monoisotopic (exact) mass is 328 g/mol. The molecule has 0 radical (unpaired) electrons. The Morgan fingerprint density at radius 2 is 1.95 bits per heavy atom. The Kier molecular flexibility index (Phi) is 4.69. The summed E-state index contributed by atoms with van der Waals surface area (Å²) in [5, 5.41) is 3.56. The predicted octanol–water partition coefficient (Wildman–Crippen LogP) is 2.46. The molecule has 1 aromatic heterocycles. The minimum absolute atomic E-state index is 0.508. The highest BCUT2D eigenvalue weighted by Gasteiger charge is 2.31. The van der Waals surface area contributed by atoms with Crippen LogP contribution in [0.2, 0.25) is 0 Å². The van der Waals surface area contributed by atoms with Gasteiger partial charge in [-0.05, 0) is 56.7 Å². The van der Waals surface area contributed by atoms with E-state index in [9.17, 15) is 8.42 Å². The summed E-state index contributed by atoms with van der Waals surface area (Å²) in [6.07, 6.45) is 5.47. The lowest BCUT2D eigenvalue weighted by molar-refractivity contribution is 0.267. The fourth-order valence-corrected chi connectivity index (χ4v) is 5.71. The maximum absolute atomic E-state index is 12.6. The highest BCUT2D eigenvalue weighted by Crippen LogP contribution is 2.29. The first-order valence-corrected chi connectivity index (χ1v) is 10.2. The number of hydrogen-bond acceptors (Lipinski definition) is 4. The van der Waals surface area contributed by atoms with Crippen LogP contribution in [0.25, 0.3) is 0 Å². The zero-order chi connectivity index (χ0) is 14.9. The summed E-state index contributed by atoms with van der Waals surface area (Å²) < 4.78 is 27.4. The van der Waals surface area contributed by atoms with Crippen LogP contribution in [0.5, 0.6) is 0 Å². The van der Waals surface area contributed by atoms with Gasteiger partial charge in [0.05, 0.1) is 0 Å². The number of sulfonamides is 1. The fourth-order valence-electron chi connectivity index (χ4n) is 2.79. The van der Waals surface area contributed by atoms with Crippen molar-refractivity contribution in [2.24, 2.45) is 5.92 Å². The molecule has 2 heterocycles. The summed E-state index contributed by atoms with van der Waals surface area (Å²) in [4.78, 5) is 1.14. The normalized spacial score (nSPS) is 21.8. The van der Waals surface area contributed by atoms with Crippen LogP contribution < -0.4 is 5.32 Å². The van der Waals surface area contributed by atoms with Crippen molar-refractivity contribution in [3.05, 3.63) is 17.0 Å². The highest BCUT2D eigenvalue weighted by atomic mass is 32.2. The van der Waals surface area contributed by atoms with Crippen LogP contribution >= 0.6 is 11.3 Å². The molecule has 0 spiro atoms. The molecular weight excluding hydrogens is 304 g/mol. The lowest BCUT2D eigenvalue weighted by atomic mass is 9.98. The minimum Gasteiger partial charge on any atom is -0.314 e. The van der Waals surface area contributed by atoms with Crippen molar-refractivity contribution in [1.29, 1.82) is 0 Å². The predicted molar refractivity (Wildman–Crippen MR) is 86.2 cm³/mol. The maximum Gasteiger partial charge on any atom is 0.252 e.